The van der Waals surface area contributed by atoms with Gasteiger partial charge in [0.2, 0.25) is 5.91 Å². The SMILES string of the molecule is NCC(=O)NC1CCCC(C(=O)O)C1. The van der Waals surface area contributed by atoms with Crippen molar-refractivity contribution in [3.05, 3.63) is 0 Å². The Hall–Kier alpha value is -1.10. The lowest BCUT2D eigenvalue weighted by Gasteiger charge is -2.27. The lowest BCUT2D eigenvalue weighted by molar-refractivity contribution is -0.143. The van der Waals surface area contributed by atoms with E-state index < -0.39 is 5.97 Å². The summed E-state index contributed by atoms with van der Waals surface area (Å²) >= 11 is 0. The molecule has 0 aromatic rings. The maximum atomic E-state index is 11.0. The number of aliphatic carboxylic acids is 1. The molecule has 0 aromatic carbocycles. The Bertz CT molecular complexity index is 230. The predicted octanol–water partition coefficient (Wildman–Crippen LogP) is -0.295. The first kappa shape index (κ1) is 11.0. The number of hydrogen-bond donors (Lipinski definition) is 3. The Morgan fingerprint density at radius 3 is 2.71 bits per heavy atom. The molecule has 1 amide bonds. The molecule has 80 valence electrons. The number of carbonyl (C=O) groups excluding carboxylic acids is 1. The third-order valence-corrected chi connectivity index (χ3v) is 2.57. The molecule has 0 bridgehead atoms. The highest BCUT2D eigenvalue weighted by Gasteiger charge is 2.27. The molecule has 0 heterocycles. The first-order valence-corrected chi connectivity index (χ1v) is 4.85. The molecule has 4 N–H and O–H groups in total. The Kier molecular flexibility index (Phi) is 3.88. The van der Waals surface area contributed by atoms with Gasteiger partial charge in [-0.3, -0.25) is 9.59 Å². The van der Waals surface area contributed by atoms with Crippen LogP contribution >= 0.6 is 0 Å². The van der Waals surface area contributed by atoms with E-state index in [1.165, 1.54) is 0 Å². The van der Waals surface area contributed by atoms with Gasteiger partial charge in [0, 0.05) is 6.04 Å². The Balaban J connectivity index is 2.40. The summed E-state index contributed by atoms with van der Waals surface area (Å²) in [5, 5.41) is 11.5. The zero-order valence-electron chi connectivity index (χ0n) is 8.03. The number of carboxylic acids is 1. The summed E-state index contributed by atoms with van der Waals surface area (Å²) in [7, 11) is 0. The minimum atomic E-state index is -0.767. The molecular formula is C9H16N2O3. The Labute approximate surface area is 82.7 Å². The van der Waals surface area contributed by atoms with Crippen molar-refractivity contribution in [2.24, 2.45) is 11.7 Å². The van der Waals surface area contributed by atoms with Crippen LogP contribution in [-0.2, 0) is 9.59 Å². The topological polar surface area (TPSA) is 92.4 Å². The van der Waals surface area contributed by atoms with Gasteiger partial charge in [-0.25, -0.2) is 0 Å². The van der Waals surface area contributed by atoms with Crippen molar-refractivity contribution in [2.45, 2.75) is 31.7 Å². The van der Waals surface area contributed by atoms with Gasteiger partial charge in [0.15, 0.2) is 0 Å². The molecule has 14 heavy (non-hydrogen) atoms. The van der Waals surface area contributed by atoms with Gasteiger partial charge in [-0.1, -0.05) is 6.42 Å². The van der Waals surface area contributed by atoms with Crippen molar-refractivity contribution in [1.29, 1.82) is 0 Å². The largest absolute Gasteiger partial charge is 0.481 e. The highest BCUT2D eigenvalue weighted by Crippen LogP contribution is 2.24. The number of carbonyl (C=O) groups is 2. The van der Waals surface area contributed by atoms with E-state index in [0.29, 0.717) is 12.8 Å². The second-order valence-corrected chi connectivity index (χ2v) is 3.67. The first-order chi connectivity index (χ1) is 6.63. The molecule has 0 aliphatic heterocycles. The Morgan fingerprint density at radius 1 is 1.43 bits per heavy atom. The van der Waals surface area contributed by atoms with Gasteiger partial charge in [0.05, 0.1) is 12.5 Å². The molecule has 0 aromatic heterocycles. The predicted molar refractivity (Wildman–Crippen MR) is 50.6 cm³/mol. The summed E-state index contributed by atoms with van der Waals surface area (Å²) in [6, 6.07) is -0.0131. The second-order valence-electron chi connectivity index (χ2n) is 3.67. The zero-order chi connectivity index (χ0) is 10.6. The van der Waals surface area contributed by atoms with Crippen LogP contribution in [0.2, 0.25) is 0 Å². The summed E-state index contributed by atoms with van der Waals surface area (Å²) in [5.74, 6) is -1.29. The molecule has 2 atom stereocenters. The normalized spacial score (nSPS) is 26.9. The third kappa shape index (κ3) is 2.99. The fourth-order valence-electron chi connectivity index (χ4n) is 1.83. The molecular weight excluding hydrogens is 184 g/mol. The number of carboxylic acid groups (broad SMARTS) is 1. The first-order valence-electron chi connectivity index (χ1n) is 4.85. The highest BCUT2D eigenvalue weighted by atomic mass is 16.4. The van der Waals surface area contributed by atoms with Gasteiger partial charge in [-0.2, -0.15) is 0 Å². The van der Waals surface area contributed by atoms with E-state index in [9.17, 15) is 9.59 Å². The van der Waals surface area contributed by atoms with Crippen LogP contribution in [0.15, 0.2) is 0 Å². The van der Waals surface area contributed by atoms with Crippen molar-refractivity contribution in [1.82, 2.24) is 5.32 Å². The number of hydrogen-bond acceptors (Lipinski definition) is 3. The summed E-state index contributed by atoms with van der Waals surface area (Å²) in [5.41, 5.74) is 5.16. The van der Waals surface area contributed by atoms with E-state index in [4.69, 9.17) is 10.8 Å². The fourth-order valence-corrected chi connectivity index (χ4v) is 1.83. The summed E-state index contributed by atoms with van der Waals surface area (Å²) in [6.45, 7) is -0.0335. The van der Waals surface area contributed by atoms with Crippen LogP contribution in [0.5, 0.6) is 0 Å². The van der Waals surface area contributed by atoms with Crippen LogP contribution in [-0.4, -0.2) is 29.6 Å². The highest BCUT2D eigenvalue weighted by molar-refractivity contribution is 5.78. The van der Waals surface area contributed by atoms with E-state index in [1.54, 1.807) is 0 Å². The summed E-state index contributed by atoms with van der Waals surface area (Å²) in [6.07, 6.45) is 2.95. The summed E-state index contributed by atoms with van der Waals surface area (Å²) < 4.78 is 0. The van der Waals surface area contributed by atoms with Gasteiger partial charge in [0.1, 0.15) is 0 Å². The van der Waals surface area contributed by atoms with Gasteiger partial charge in [-0.15, -0.1) is 0 Å². The Morgan fingerprint density at radius 2 is 2.14 bits per heavy atom. The van der Waals surface area contributed by atoms with Crippen molar-refractivity contribution in [3.63, 3.8) is 0 Å². The second kappa shape index (κ2) is 4.95. The fraction of sp³-hybridized carbons (Fsp3) is 0.778. The molecule has 1 fully saturated rings. The molecule has 1 aliphatic carbocycles. The van der Waals surface area contributed by atoms with Gasteiger partial charge < -0.3 is 16.2 Å². The van der Waals surface area contributed by atoms with Crippen molar-refractivity contribution < 1.29 is 14.7 Å². The standard InChI is InChI=1S/C9H16N2O3/c10-5-8(12)11-7-3-1-2-6(4-7)9(13)14/h6-7H,1-5,10H2,(H,11,12)(H,13,14). The molecule has 5 nitrogen and oxygen atoms in total. The van der Waals surface area contributed by atoms with Gasteiger partial charge in [0.25, 0.3) is 0 Å². The van der Waals surface area contributed by atoms with Crippen LogP contribution in [0.25, 0.3) is 0 Å². The molecule has 0 saturated heterocycles. The average Bonchev–Trinajstić information content (AvgIpc) is 2.18. The number of amides is 1. The smallest absolute Gasteiger partial charge is 0.306 e. The van der Waals surface area contributed by atoms with E-state index in [-0.39, 0.29) is 24.4 Å². The quantitative estimate of drug-likeness (QED) is 0.583. The zero-order valence-corrected chi connectivity index (χ0v) is 8.03. The van der Waals surface area contributed by atoms with Crippen LogP contribution in [0, 0.1) is 5.92 Å². The van der Waals surface area contributed by atoms with Crippen LogP contribution in [0.3, 0.4) is 0 Å². The van der Waals surface area contributed by atoms with E-state index in [2.05, 4.69) is 5.32 Å². The minimum Gasteiger partial charge on any atom is -0.481 e. The third-order valence-electron chi connectivity index (χ3n) is 2.57. The van der Waals surface area contributed by atoms with E-state index in [0.717, 1.165) is 12.8 Å². The molecule has 2 unspecified atom stereocenters. The maximum Gasteiger partial charge on any atom is 0.306 e. The van der Waals surface area contributed by atoms with E-state index in [1.807, 2.05) is 0 Å². The lowest BCUT2D eigenvalue weighted by atomic mass is 9.86. The number of nitrogens with two attached hydrogens (primary N) is 1. The molecule has 1 saturated carbocycles. The van der Waals surface area contributed by atoms with Crippen LogP contribution in [0.1, 0.15) is 25.7 Å². The van der Waals surface area contributed by atoms with Crippen molar-refractivity contribution in [2.75, 3.05) is 6.54 Å². The summed E-state index contributed by atoms with van der Waals surface area (Å²) in [4.78, 5) is 21.7. The lowest BCUT2D eigenvalue weighted by Crippen LogP contribution is -2.42. The number of rotatable bonds is 3. The monoisotopic (exact) mass is 200 g/mol. The van der Waals surface area contributed by atoms with Crippen LogP contribution < -0.4 is 11.1 Å². The van der Waals surface area contributed by atoms with E-state index >= 15 is 0 Å². The molecule has 5 heteroatoms. The van der Waals surface area contributed by atoms with Crippen molar-refractivity contribution in [3.8, 4) is 0 Å². The molecule has 1 rings (SSSR count). The minimum absolute atomic E-state index is 0.0131. The average molecular weight is 200 g/mol. The maximum absolute atomic E-state index is 11.0. The van der Waals surface area contributed by atoms with Crippen LogP contribution in [0.4, 0.5) is 0 Å². The molecule has 1 aliphatic rings. The molecule has 0 radical (unpaired) electrons. The van der Waals surface area contributed by atoms with Crippen molar-refractivity contribution >= 4 is 11.9 Å². The van der Waals surface area contributed by atoms with Gasteiger partial charge in [-0.05, 0) is 19.3 Å². The number of nitrogens with one attached hydrogen (secondary N) is 1. The molecule has 0 spiro atoms. The van der Waals surface area contributed by atoms with Gasteiger partial charge >= 0.3 is 5.97 Å².